The second-order valence-electron chi connectivity index (χ2n) is 4.53. The molecule has 0 saturated carbocycles. The van der Waals surface area contributed by atoms with E-state index in [4.69, 9.17) is 0 Å². The molecule has 0 N–H and O–H groups in total. The fraction of sp³-hybridized carbons (Fsp3) is 0.133. The molecule has 2 nitrogen and oxygen atoms in total. The van der Waals surface area contributed by atoms with Gasteiger partial charge in [0.2, 0.25) is 0 Å². The van der Waals surface area contributed by atoms with E-state index in [9.17, 15) is 9.65 Å². The summed E-state index contributed by atoms with van der Waals surface area (Å²) in [5.41, 5.74) is 1.96. The molecule has 2 heterocycles. The Balaban J connectivity index is 2.37. The first kappa shape index (κ1) is 11.9. The Hall–Kier alpha value is -2.12. The molecular weight excluding hydrogens is 259 g/mol. The van der Waals surface area contributed by atoms with E-state index in [0.717, 1.165) is 10.5 Å². The van der Waals surface area contributed by atoms with Crippen LogP contribution in [0.2, 0.25) is 0 Å². The van der Waals surface area contributed by atoms with Crippen molar-refractivity contribution < 1.29 is 4.39 Å². The number of hydrogen-bond acceptors (Lipinski definition) is 2. The van der Waals surface area contributed by atoms with E-state index < -0.39 is 0 Å². The summed E-state index contributed by atoms with van der Waals surface area (Å²) < 4.78 is 15.6. The number of nitrogens with zero attached hydrogens (tertiary/aromatic N) is 2. The third kappa shape index (κ3) is 1.83. The van der Waals surface area contributed by atoms with E-state index in [2.05, 4.69) is 6.07 Å². The molecule has 94 valence electrons. The number of thiophene rings is 1. The topological polar surface area (TPSA) is 28.7 Å². The fourth-order valence-corrected chi connectivity index (χ4v) is 3.02. The molecule has 4 heteroatoms. The van der Waals surface area contributed by atoms with Crippen LogP contribution in [0.1, 0.15) is 16.0 Å². The van der Waals surface area contributed by atoms with E-state index in [1.807, 2.05) is 23.6 Å². The van der Waals surface area contributed by atoms with E-state index in [-0.39, 0.29) is 5.82 Å². The van der Waals surface area contributed by atoms with E-state index >= 15 is 0 Å². The summed E-state index contributed by atoms with van der Waals surface area (Å²) in [4.78, 5) is 1.20. The number of hydrogen-bond donors (Lipinski definition) is 0. The molecule has 0 unspecified atom stereocenters. The highest BCUT2D eigenvalue weighted by Crippen LogP contribution is 2.30. The molecule has 0 amide bonds. The van der Waals surface area contributed by atoms with Crippen LogP contribution in [-0.4, -0.2) is 4.57 Å². The molecular formula is C15H11FN2S. The van der Waals surface area contributed by atoms with Gasteiger partial charge in [-0.2, -0.15) is 5.26 Å². The predicted octanol–water partition coefficient (Wildman–Crippen LogP) is 4.32. The molecule has 0 aliphatic carbocycles. The highest BCUT2D eigenvalue weighted by Gasteiger charge is 2.13. The highest BCUT2D eigenvalue weighted by atomic mass is 32.1. The molecule has 3 rings (SSSR count). The molecule has 3 aromatic rings. The first-order valence-corrected chi connectivity index (χ1v) is 6.70. The molecule has 0 fully saturated rings. The molecule has 2 aromatic heterocycles. The van der Waals surface area contributed by atoms with Crippen molar-refractivity contribution in [1.82, 2.24) is 4.57 Å². The first-order chi connectivity index (χ1) is 9.10. The molecule has 0 atom stereocenters. The zero-order chi connectivity index (χ0) is 13.6. The fourth-order valence-electron chi connectivity index (χ4n) is 2.17. The maximum absolute atomic E-state index is 13.7. The Labute approximate surface area is 114 Å². The number of halogens is 1. The van der Waals surface area contributed by atoms with Gasteiger partial charge in [-0.25, -0.2) is 4.39 Å². The van der Waals surface area contributed by atoms with E-state index in [0.29, 0.717) is 16.5 Å². The lowest BCUT2D eigenvalue weighted by Gasteiger charge is -2.03. The van der Waals surface area contributed by atoms with Gasteiger partial charge in [0, 0.05) is 16.5 Å². The van der Waals surface area contributed by atoms with Crippen LogP contribution >= 0.6 is 11.3 Å². The maximum atomic E-state index is 13.7. The number of aryl methyl sites for hydroxylation is 2. The van der Waals surface area contributed by atoms with Gasteiger partial charge in [0.05, 0.1) is 16.1 Å². The van der Waals surface area contributed by atoms with Crippen molar-refractivity contribution in [2.24, 2.45) is 0 Å². The third-order valence-electron chi connectivity index (χ3n) is 3.17. The first-order valence-electron chi connectivity index (χ1n) is 5.88. The van der Waals surface area contributed by atoms with Gasteiger partial charge in [-0.1, -0.05) is 0 Å². The minimum Gasteiger partial charge on any atom is -0.307 e. The summed E-state index contributed by atoms with van der Waals surface area (Å²) >= 11 is 1.65. The van der Waals surface area contributed by atoms with Gasteiger partial charge in [-0.3, -0.25) is 0 Å². The summed E-state index contributed by atoms with van der Waals surface area (Å²) in [6.07, 6.45) is 1.77. The average Bonchev–Trinajstić information content (AvgIpc) is 2.94. The SMILES string of the molecule is Cc1ccc(-n2cc(C#N)c3cc(F)c(C)cc32)s1. The van der Waals surface area contributed by atoms with Crippen molar-refractivity contribution in [3.8, 4) is 11.1 Å². The van der Waals surface area contributed by atoms with Gasteiger partial charge in [-0.15, -0.1) is 11.3 Å². The van der Waals surface area contributed by atoms with Gasteiger partial charge >= 0.3 is 0 Å². The van der Waals surface area contributed by atoms with Crippen molar-refractivity contribution in [2.75, 3.05) is 0 Å². The summed E-state index contributed by atoms with van der Waals surface area (Å²) in [6, 6.07) is 9.42. The molecule has 1 aromatic carbocycles. The van der Waals surface area contributed by atoms with E-state index in [1.165, 1.54) is 10.9 Å². The van der Waals surface area contributed by atoms with Crippen LogP contribution in [0.3, 0.4) is 0 Å². The van der Waals surface area contributed by atoms with Crippen molar-refractivity contribution in [3.63, 3.8) is 0 Å². The lowest BCUT2D eigenvalue weighted by Crippen LogP contribution is -1.89. The number of nitriles is 1. The van der Waals surface area contributed by atoms with Crippen molar-refractivity contribution in [1.29, 1.82) is 5.26 Å². The largest absolute Gasteiger partial charge is 0.307 e. The molecule has 0 radical (unpaired) electrons. The quantitative estimate of drug-likeness (QED) is 0.647. The summed E-state index contributed by atoms with van der Waals surface area (Å²) in [5, 5.41) is 10.9. The number of aromatic nitrogens is 1. The number of rotatable bonds is 1. The Morgan fingerprint density at radius 3 is 2.68 bits per heavy atom. The van der Waals surface area contributed by atoms with Gasteiger partial charge in [0.1, 0.15) is 11.9 Å². The summed E-state index contributed by atoms with van der Waals surface area (Å²) in [5.74, 6) is -0.274. The number of benzene rings is 1. The average molecular weight is 270 g/mol. The maximum Gasteiger partial charge on any atom is 0.126 e. The minimum absolute atomic E-state index is 0.274. The highest BCUT2D eigenvalue weighted by molar-refractivity contribution is 7.14. The lowest BCUT2D eigenvalue weighted by atomic mass is 10.1. The van der Waals surface area contributed by atoms with Crippen LogP contribution in [0.4, 0.5) is 4.39 Å². The molecule has 0 bridgehead atoms. The Morgan fingerprint density at radius 2 is 2.05 bits per heavy atom. The van der Waals surface area contributed by atoms with Gasteiger partial charge in [0.25, 0.3) is 0 Å². The molecule has 0 aliphatic heterocycles. The lowest BCUT2D eigenvalue weighted by molar-refractivity contribution is 0.620. The molecule has 19 heavy (non-hydrogen) atoms. The van der Waals surface area contributed by atoms with Crippen molar-refractivity contribution >= 4 is 22.2 Å². The monoisotopic (exact) mass is 270 g/mol. The summed E-state index contributed by atoms with van der Waals surface area (Å²) in [6.45, 7) is 3.77. The van der Waals surface area contributed by atoms with Crippen molar-refractivity contribution in [2.45, 2.75) is 13.8 Å². The number of fused-ring (bicyclic) bond motifs is 1. The second kappa shape index (κ2) is 4.22. The standard InChI is InChI=1S/C15H11FN2S/c1-9-5-14-12(6-13(9)16)11(7-17)8-18(14)15-4-3-10(2)19-15/h3-6,8H,1-2H3. The van der Waals surface area contributed by atoms with Gasteiger partial charge < -0.3 is 4.57 Å². The zero-order valence-corrected chi connectivity index (χ0v) is 11.4. The van der Waals surface area contributed by atoms with Crippen LogP contribution < -0.4 is 0 Å². The van der Waals surface area contributed by atoms with Crippen LogP contribution in [-0.2, 0) is 0 Å². The molecule has 0 aliphatic rings. The normalized spacial score (nSPS) is 10.8. The van der Waals surface area contributed by atoms with Crippen LogP contribution in [0.25, 0.3) is 15.9 Å². The zero-order valence-electron chi connectivity index (χ0n) is 10.6. The van der Waals surface area contributed by atoms with Gasteiger partial charge in [0.15, 0.2) is 0 Å². The molecule has 0 saturated heterocycles. The minimum atomic E-state index is -0.274. The van der Waals surface area contributed by atoms with Crippen LogP contribution in [0, 0.1) is 31.0 Å². The predicted molar refractivity (Wildman–Crippen MR) is 75.3 cm³/mol. The van der Waals surface area contributed by atoms with Gasteiger partial charge in [-0.05, 0) is 43.7 Å². The Bertz CT molecular complexity index is 821. The Morgan fingerprint density at radius 1 is 1.26 bits per heavy atom. The molecule has 0 spiro atoms. The van der Waals surface area contributed by atoms with Crippen LogP contribution in [0.5, 0.6) is 0 Å². The Kier molecular flexibility index (Phi) is 2.65. The van der Waals surface area contributed by atoms with Crippen molar-refractivity contribution in [3.05, 3.63) is 52.3 Å². The van der Waals surface area contributed by atoms with Crippen LogP contribution in [0.15, 0.2) is 30.5 Å². The second-order valence-corrected chi connectivity index (χ2v) is 5.79. The smallest absolute Gasteiger partial charge is 0.126 e. The van der Waals surface area contributed by atoms with E-state index in [1.54, 1.807) is 30.5 Å². The third-order valence-corrected chi connectivity index (χ3v) is 4.17. The summed E-state index contributed by atoms with van der Waals surface area (Å²) in [7, 11) is 0.